The molecule has 0 saturated carbocycles. The molecule has 5 rings (SSSR count). The van der Waals surface area contributed by atoms with Crippen LogP contribution in [0.2, 0.25) is 0 Å². The number of hydrogen-bond donors (Lipinski definition) is 1. The Kier molecular flexibility index (Phi) is 4.80. The predicted molar refractivity (Wildman–Crippen MR) is 121 cm³/mol. The Bertz CT molecular complexity index is 1400. The lowest BCUT2D eigenvalue weighted by Gasteiger charge is -2.11. The highest BCUT2D eigenvalue weighted by molar-refractivity contribution is 7.98. The van der Waals surface area contributed by atoms with Gasteiger partial charge in [0.15, 0.2) is 5.16 Å². The summed E-state index contributed by atoms with van der Waals surface area (Å²) in [6, 6.07) is 10.0. The number of fused-ring (bicyclic) bond motifs is 1. The van der Waals surface area contributed by atoms with Crippen LogP contribution in [0.4, 0.5) is 0 Å². The highest BCUT2D eigenvalue weighted by Crippen LogP contribution is 2.31. The van der Waals surface area contributed by atoms with Gasteiger partial charge in [-0.05, 0) is 37.6 Å². The summed E-state index contributed by atoms with van der Waals surface area (Å²) >= 11 is 2.99. The molecule has 0 unspecified atom stereocenters. The molecule has 0 aliphatic heterocycles. The van der Waals surface area contributed by atoms with Gasteiger partial charge in [0.1, 0.15) is 16.4 Å². The molecule has 0 aliphatic rings. The molecular formula is C22H18N4O2S2. The molecule has 4 aromatic heterocycles. The number of aromatic amines is 1. The van der Waals surface area contributed by atoms with Crippen molar-refractivity contribution in [2.45, 2.75) is 24.8 Å². The quantitative estimate of drug-likeness (QED) is 0.378. The molecule has 5 aromatic rings. The summed E-state index contributed by atoms with van der Waals surface area (Å²) in [6.45, 7) is 4.18. The Morgan fingerprint density at radius 3 is 2.97 bits per heavy atom. The number of nitrogens with zero attached hydrogens (tertiary/aromatic N) is 3. The van der Waals surface area contributed by atoms with Crippen LogP contribution in [-0.2, 0) is 5.75 Å². The van der Waals surface area contributed by atoms with Crippen LogP contribution < -0.4 is 5.56 Å². The van der Waals surface area contributed by atoms with Crippen LogP contribution in [0.3, 0.4) is 0 Å². The second-order valence-electron chi connectivity index (χ2n) is 6.98. The predicted octanol–water partition coefficient (Wildman–Crippen LogP) is 5.34. The number of furan rings is 1. The fraction of sp³-hybridized carbons (Fsp3) is 0.136. The second kappa shape index (κ2) is 7.62. The van der Waals surface area contributed by atoms with Crippen LogP contribution in [0.5, 0.6) is 0 Å². The summed E-state index contributed by atoms with van der Waals surface area (Å²) in [7, 11) is 0. The minimum Gasteiger partial charge on any atom is -0.464 e. The van der Waals surface area contributed by atoms with Crippen LogP contribution >= 0.6 is 23.1 Å². The first-order valence-electron chi connectivity index (χ1n) is 9.38. The van der Waals surface area contributed by atoms with Crippen molar-refractivity contribution < 1.29 is 4.42 Å². The zero-order valence-electron chi connectivity index (χ0n) is 16.4. The number of nitrogens with one attached hydrogen (secondary N) is 1. The molecule has 0 atom stereocenters. The van der Waals surface area contributed by atoms with Crippen LogP contribution in [0, 0.1) is 13.8 Å². The average Bonchev–Trinajstić information content (AvgIpc) is 3.46. The fourth-order valence-corrected chi connectivity index (χ4v) is 5.25. The van der Waals surface area contributed by atoms with Gasteiger partial charge in [-0.25, -0.2) is 9.97 Å². The van der Waals surface area contributed by atoms with E-state index < -0.39 is 0 Å². The molecule has 0 fully saturated rings. The summed E-state index contributed by atoms with van der Waals surface area (Å²) in [4.78, 5) is 25.5. The Labute approximate surface area is 180 Å². The second-order valence-corrected chi connectivity index (χ2v) is 8.78. The first kappa shape index (κ1) is 18.9. The summed E-state index contributed by atoms with van der Waals surface area (Å²) in [5.41, 5.74) is 4.13. The van der Waals surface area contributed by atoms with Crippen molar-refractivity contribution >= 4 is 33.3 Å². The summed E-state index contributed by atoms with van der Waals surface area (Å²) in [6.07, 6.45) is 5.34. The van der Waals surface area contributed by atoms with Gasteiger partial charge >= 0.3 is 0 Å². The maximum atomic E-state index is 12.7. The Balaban J connectivity index is 1.43. The minimum atomic E-state index is -0.152. The van der Waals surface area contributed by atoms with E-state index in [1.165, 1.54) is 22.5 Å². The van der Waals surface area contributed by atoms with Crippen LogP contribution in [-0.4, -0.2) is 19.5 Å². The van der Waals surface area contributed by atoms with Gasteiger partial charge in [-0.3, -0.25) is 9.36 Å². The van der Waals surface area contributed by atoms with Crippen molar-refractivity contribution in [2.24, 2.45) is 0 Å². The van der Waals surface area contributed by atoms with E-state index in [1.54, 1.807) is 24.2 Å². The smallest absolute Gasteiger partial charge is 0.260 e. The van der Waals surface area contributed by atoms with Gasteiger partial charge in [0.25, 0.3) is 5.56 Å². The summed E-state index contributed by atoms with van der Waals surface area (Å²) in [5, 5.41) is 3.34. The molecular weight excluding hydrogens is 416 g/mol. The van der Waals surface area contributed by atoms with Crippen molar-refractivity contribution in [1.82, 2.24) is 19.5 Å². The summed E-state index contributed by atoms with van der Waals surface area (Å²) in [5.74, 6) is 1.81. The van der Waals surface area contributed by atoms with Gasteiger partial charge in [-0.2, -0.15) is 0 Å². The molecule has 0 aliphatic carbocycles. The topological polar surface area (TPSA) is 76.7 Å². The Morgan fingerprint density at radius 2 is 2.17 bits per heavy atom. The number of thiophene rings is 1. The molecule has 30 heavy (non-hydrogen) atoms. The molecule has 4 heterocycles. The van der Waals surface area contributed by atoms with E-state index >= 15 is 0 Å². The third-order valence-electron chi connectivity index (χ3n) is 4.84. The number of rotatable bonds is 5. The lowest BCUT2D eigenvalue weighted by Crippen LogP contribution is -2.11. The third kappa shape index (κ3) is 3.38. The number of H-pyrrole nitrogens is 1. The van der Waals surface area contributed by atoms with E-state index in [2.05, 4.69) is 51.6 Å². The minimum absolute atomic E-state index is 0.152. The normalized spacial score (nSPS) is 11.4. The molecule has 0 bridgehead atoms. The van der Waals surface area contributed by atoms with E-state index in [9.17, 15) is 4.79 Å². The average molecular weight is 435 g/mol. The van der Waals surface area contributed by atoms with Gasteiger partial charge in [-0.15, -0.1) is 11.3 Å². The molecule has 0 spiro atoms. The van der Waals surface area contributed by atoms with E-state index in [-0.39, 0.29) is 5.56 Å². The SMILES string of the molecule is Cc1ccc(-n2ccnc2SCc2nc3scc(-c4ccco4)c3c(=O)[nH]2)c(C)c1. The molecule has 0 radical (unpaired) electrons. The number of aromatic nitrogens is 4. The lowest BCUT2D eigenvalue weighted by atomic mass is 10.1. The highest BCUT2D eigenvalue weighted by Gasteiger charge is 2.15. The fourth-order valence-electron chi connectivity index (χ4n) is 3.46. The maximum Gasteiger partial charge on any atom is 0.260 e. The standard InChI is InChI=1S/C22H18N4O2S2/c1-13-5-6-16(14(2)10-13)26-8-7-23-22(26)30-12-18-24-20(27)19-15(11-29-21(19)25-18)17-4-3-9-28-17/h3-11H,12H2,1-2H3,(H,24,25,27). The summed E-state index contributed by atoms with van der Waals surface area (Å²) < 4.78 is 7.52. The number of benzene rings is 1. The zero-order valence-corrected chi connectivity index (χ0v) is 18.0. The molecule has 1 N–H and O–H groups in total. The van der Waals surface area contributed by atoms with Gasteiger partial charge < -0.3 is 9.40 Å². The Hall–Kier alpha value is -3.10. The zero-order chi connectivity index (χ0) is 20.7. The van der Waals surface area contributed by atoms with Crippen molar-refractivity contribution in [3.8, 4) is 17.0 Å². The van der Waals surface area contributed by atoms with Crippen molar-refractivity contribution in [3.05, 3.63) is 81.7 Å². The van der Waals surface area contributed by atoms with Gasteiger partial charge in [0, 0.05) is 23.3 Å². The van der Waals surface area contributed by atoms with Crippen LogP contribution in [0.1, 0.15) is 17.0 Å². The van der Waals surface area contributed by atoms with E-state index in [4.69, 9.17) is 4.42 Å². The largest absolute Gasteiger partial charge is 0.464 e. The Morgan fingerprint density at radius 1 is 1.27 bits per heavy atom. The molecule has 8 heteroatoms. The van der Waals surface area contributed by atoms with Crippen molar-refractivity contribution in [1.29, 1.82) is 0 Å². The maximum absolute atomic E-state index is 12.7. The monoisotopic (exact) mass is 434 g/mol. The number of imidazole rings is 1. The van der Waals surface area contributed by atoms with E-state index in [1.807, 2.05) is 23.7 Å². The van der Waals surface area contributed by atoms with Crippen molar-refractivity contribution in [2.75, 3.05) is 0 Å². The first-order valence-corrected chi connectivity index (χ1v) is 11.2. The van der Waals surface area contributed by atoms with Crippen molar-refractivity contribution in [3.63, 3.8) is 0 Å². The molecule has 6 nitrogen and oxygen atoms in total. The van der Waals surface area contributed by atoms with E-state index in [0.29, 0.717) is 27.6 Å². The molecule has 150 valence electrons. The number of aryl methyl sites for hydroxylation is 2. The van der Waals surface area contributed by atoms with Crippen LogP contribution in [0.15, 0.2) is 68.7 Å². The highest BCUT2D eigenvalue weighted by atomic mass is 32.2. The molecule has 1 aromatic carbocycles. The first-order chi connectivity index (χ1) is 14.6. The van der Waals surface area contributed by atoms with Gasteiger partial charge in [0.05, 0.1) is 23.1 Å². The lowest BCUT2D eigenvalue weighted by molar-refractivity contribution is 0.583. The van der Waals surface area contributed by atoms with Gasteiger partial charge in [-0.1, -0.05) is 29.5 Å². The molecule has 0 saturated heterocycles. The van der Waals surface area contributed by atoms with Gasteiger partial charge in [0.2, 0.25) is 0 Å². The van der Waals surface area contributed by atoms with E-state index in [0.717, 1.165) is 16.4 Å². The molecule has 0 amide bonds. The number of hydrogen-bond acceptors (Lipinski definition) is 6. The number of thioether (sulfide) groups is 1. The third-order valence-corrected chi connectivity index (χ3v) is 6.69. The van der Waals surface area contributed by atoms with Crippen LogP contribution in [0.25, 0.3) is 27.2 Å².